The number of fused-ring (bicyclic) bond motifs is 1. The highest BCUT2D eigenvalue weighted by Gasteiger charge is 2.64. The second-order valence-corrected chi connectivity index (χ2v) is 14.8. The molecule has 2 amide bonds. The van der Waals surface area contributed by atoms with Crippen molar-refractivity contribution in [2.75, 3.05) is 26.3 Å². The van der Waals surface area contributed by atoms with Gasteiger partial charge in [-0.2, -0.15) is 0 Å². The van der Waals surface area contributed by atoms with Crippen molar-refractivity contribution in [1.29, 1.82) is 0 Å². The third-order valence-electron chi connectivity index (χ3n) is 10.1. The van der Waals surface area contributed by atoms with Crippen molar-refractivity contribution in [2.24, 2.45) is 22.7 Å². The summed E-state index contributed by atoms with van der Waals surface area (Å²) < 4.78 is 11.6. The lowest BCUT2D eigenvalue weighted by Gasteiger charge is -2.46. The summed E-state index contributed by atoms with van der Waals surface area (Å²) in [7, 11) is 0. The van der Waals surface area contributed by atoms with Gasteiger partial charge in [0.2, 0.25) is 0 Å². The minimum atomic E-state index is -1.03. The molecule has 0 bridgehead atoms. The summed E-state index contributed by atoms with van der Waals surface area (Å²) in [5.41, 5.74) is 1.01. The topological polar surface area (TPSA) is 84.3 Å². The molecule has 2 aliphatic heterocycles. The number of hydrogen-bond donors (Lipinski definition) is 0. The molecule has 2 fully saturated rings. The SMILES string of the molecule is CCOC(=O)C1C2CN(C(=O)N3C(c4cnc(C(C)(C)C)cc4OCC)=N[C@@](C)(c4ccc(Cl)cc4)[C@@]3(C)c3ccc(Cl)cc3)C[C@@H]21. The van der Waals surface area contributed by atoms with E-state index in [4.69, 9.17) is 42.7 Å². The number of rotatable bonds is 7. The predicted molar refractivity (Wildman–Crippen MR) is 184 cm³/mol. The minimum absolute atomic E-state index is 0.0807. The summed E-state index contributed by atoms with van der Waals surface area (Å²) in [6.07, 6.45) is 1.78. The van der Waals surface area contributed by atoms with Crippen molar-refractivity contribution in [1.82, 2.24) is 14.8 Å². The fourth-order valence-corrected chi connectivity index (χ4v) is 7.52. The van der Waals surface area contributed by atoms with Crippen LogP contribution in [0.25, 0.3) is 0 Å². The van der Waals surface area contributed by atoms with Crippen LogP contribution in [0.5, 0.6) is 5.75 Å². The van der Waals surface area contributed by atoms with Crippen molar-refractivity contribution in [3.8, 4) is 5.75 Å². The molecule has 0 N–H and O–H groups in total. The van der Waals surface area contributed by atoms with Gasteiger partial charge in [0, 0.05) is 46.5 Å². The van der Waals surface area contributed by atoms with Gasteiger partial charge in [-0.25, -0.2) is 4.79 Å². The number of carbonyl (C=O) groups is 2. The Kier molecular flexibility index (Phi) is 8.58. The summed E-state index contributed by atoms with van der Waals surface area (Å²) in [5, 5.41) is 1.20. The first-order valence-electron chi connectivity index (χ1n) is 16.3. The molecule has 3 aliphatic rings. The Morgan fingerprint density at radius 3 is 2.02 bits per heavy atom. The molecule has 8 nitrogen and oxygen atoms in total. The van der Waals surface area contributed by atoms with Gasteiger partial charge < -0.3 is 14.4 Å². The average Bonchev–Trinajstić information content (AvgIpc) is 3.41. The second-order valence-electron chi connectivity index (χ2n) is 14.0. The van der Waals surface area contributed by atoms with Crippen molar-refractivity contribution in [3.63, 3.8) is 0 Å². The number of esters is 1. The summed E-state index contributed by atoms with van der Waals surface area (Å²) in [4.78, 5) is 41.6. The van der Waals surface area contributed by atoms with E-state index in [1.54, 1.807) is 6.20 Å². The molecule has 1 aromatic heterocycles. The molecule has 3 aromatic rings. The highest BCUT2D eigenvalue weighted by Crippen LogP contribution is 2.56. The number of carbonyl (C=O) groups excluding carboxylic acids is 2. The molecule has 0 spiro atoms. The molecule has 2 aromatic carbocycles. The van der Waals surface area contributed by atoms with Crippen molar-refractivity contribution >= 4 is 41.0 Å². The smallest absolute Gasteiger partial charge is 0.326 e. The normalized spacial score (nSPS) is 26.6. The van der Waals surface area contributed by atoms with Gasteiger partial charge in [0.1, 0.15) is 22.7 Å². The van der Waals surface area contributed by atoms with Gasteiger partial charge in [-0.15, -0.1) is 0 Å². The van der Waals surface area contributed by atoms with E-state index in [2.05, 4.69) is 27.7 Å². The molecule has 5 atom stereocenters. The number of aliphatic imine (C=N–C) groups is 1. The van der Waals surface area contributed by atoms with Gasteiger partial charge in [0.25, 0.3) is 0 Å². The molecule has 2 unspecified atom stereocenters. The van der Waals surface area contributed by atoms with Crippen molar-refractivity contribution < 1.29 is 19.1 Å². The fourth-order valence-electron chi connectivity index (χ4n) is 7.27. The Morgan fingerprint density at radius 2 is 1.49 bits per heavy atom. The van der Waals surface area contributed by atoms with Crippen LogP contribution < -0.4 is 4.74 Å². The lowest BCUT2D eigenvalue weighted by Crippen LogP contribution is -2.58. The molecule has 47 heavy (non-hydrogen) atoms. The van der Waals surface area contributed by atoms with Crippen LogP contribution in [-0.4, -0.2) is 58.9 Å². The molecule has 248 valence electrons. The van der Waals surface area contributed by atoms with Crippen LogP contribution in [0.4, 0.5) is 4.79 Å². The van der Waals surface area contributed by atoms with E-state index in [9.17, 15) is 4.79 Å². The maximum Gasteiger partial charge on any atom is 0.326 e. The summed E-state index contributed by atoms with van der Waals surface area (Å²) >= 11 is 12.7. The van der Waals surface area contributed by atoms with Crippen LogP contribution in [0, 0.1) is 17.8 Å². The number of benzene rings is 2. The molecule has 0 radical (unpaired) electrons. The Balaban J connectivity index is 1.53. The van der Waals surface area contributed by atoms with E-state index in [1.807, 2.05) is 85.2 Å². The number of likely N-dealkylation sites (tertiary alicyclic amines) is 1. The molecule has 1 aliphatic carbocycles. The van der Waals surface area contributed by atoms with E-state index in [0.29, 0.717) is 53.5 Å². The number of nitrogens with zero attached hydrogens (tertiary/aromatic N) is 4. The van der Waals surface area contributed by atoms with Gasteiger partial charge in [0.15, 0.2) is 0 Å². The lowest BCUT2D eigenvalue weighted by molar-refractivity contribution is -0.145. The quantitative estimate of drug-likeness (QED) is 0.238. The molecule has 1 saturated carbocycles. The first-order chi connectivity index (χ1) is 22.2. The van der Waals surface area contributed by atoms with Gasteiger partial charge >= 0.3 is 12.0 Å². The average molecular weight is 678 g/mol. The van der Waals surface area contributed by atoms with Crippen LogP contribution in [0.1, 0.15) is 70.9 Å². The largest absolute Gasteiger partial charge is 0.493 e. The van der Waals surface area contributed by atoms with E-state index < -0.39 is 11.1 Å². The summed E-state index contributed by atoms with van der Waals surface area (Å²) in [6.45, 7) is 15.9. The van der Waals surface area contributed by atoms with E-state index in [1.165, 1.54) is 0 Å². The van der Waals surface area contributed by atoms with E-state index >= 15 is 4.79 Å². The Labute approximate surface area is 287 Å². The third-order valence-corrected chi connectivity index (χ3v) is 10.6. The molecule has 3 heterocycles. The molecule has 10 heteroatoms. The molecule has 1 saturated heterocycles. The number of hydrogen-bond acceptors (Lipinski definition) is 6. The number of amides is 2. The highest BCUT2D eigenvalue weighted by molar-refractivity contribution is 6.30. The minimum Gasteiger partial charge on any atom is -0.493 e. The first-order valence-corrected chi connectivity index (χ1v) is 17.0. The zero-order valence-corrected chi connectivity index (χ0v) is 29.5. The van der Waals surface area contributed by atoms with Crippen LogP contribution in [0.3, 0.4) is 0 Å². The number of aromatic nitrogens is 1. The number of halogens is 2. The van der Waals surface area contributed by atoms with Crippen LogP contribution >= 0.6 is 23.2 Å². The van der Waals surface area contributed by atoms with Crippen molar-refractivity contribution in [2.45, 2.75) is 65.0 Å². The van der Waals surface area contributed by atoms with E-state index in [-0.39, 0.29) is 35.2 Å². The molecule has 6 rings (SSSR count). The monoisotopic (exact) mass is 676 g/mol. The number of amidine groups is 1. The standard InChI is InChI=1S/C37H42Cl2N4O4/c1-8-46-29-18-30(35(3,4)5)40-19-26(29)32-41-36(6,22-10-14-24(38)15-11-22)37(7,23-12-16-25(39)17-13-23)43(32)34(45)42-20-27-28(21-42)31(27)33(44)47-9-2/h10-19,27-28,31H,8-9,20-21H2,1-7H3/t27-,28?,31?,36-,37+/m0/s1. The number of pyridine rings is 1. The number of ether oxygens (including phenoxy) is 2. The lowest BCUT2D eigenvalue weighted by atomic mass is 9.71. The Bertz CT molecular complexity index is 1710. The maximum absolute atomic E-state index is 15.1. The predicted octanol–water partition coefficient (Wildman–Crippen LogP) is 7.84. The Morgan fingerprint density at radius 1 is 0.915 bits per heavy atom. The molecular weight excluding hydrogens is 635 g/mol. The molecular formula is C37H42Cl2N4O4. The van der Waals surface area contributed by atoms with Gasteiger partial charge in [-0.1, -0.05) is 68.2 Å². The zero-order valence-electron chi connectivity index (χ0n) is 28.0. The highest BCUT2D eigenvalue weighted by atomic mass is 35.5. The zero-order chi connectivity index (χ0) is 33.9. The number of piperidine rings is 1. The van der Waals surface area contributed by atoms with Gasteiger partial charge in [-0.05, 0) is 74.9 Å². The van der Waals surface area contributed by atoms with Crippen molar-refractivity contribution in [3.05, 3.63) is 93.2 Å². The maximum atomic E-state index is 15.1. The number of urea groups is 1. The summed E-state index contributed by atoms with van der Waals surface area (Å²) in [6, 6.07) is 17.0. The Hall–Kier alpha value is -3.62. The second kappa shape index (κ2) is 12.1. The van der Waals surface area contributed by atoms with E-state index in [0.717, 1.165) is 16.8 Å². The van der Waals surface area contributed by atoms with Crippen LogP contribution in [-0.2, 0) is 26.0 Å². The van der Waals surface area contributed by atoms with Gasteiger partial charge in [-0.3, -0.25) is 19.7 Å². The van der Waals surface area contributed by atoms with Crippen LogP contribution in [0.15, 0.2) is 65.8 Å². The van der Waals surface area contributed by atoms with Crippen LogP contribution in [0.2, 0.25) is 10.0 Å². The summed E-state index contributed by atoms with van der Waals surface area (Å²) in [5.74, 6) is 0.893. The fraction of sp³-hybridized carbons (Fsp3) is 0.459. The third kappa shape index (κ3) is 5.57. The van der Waals surface area contributed by atoms with Gasteiger partial charge in [0.05, 0.1) is 24.7 Å². The first kappa shape index (κ1) is 33.3.